The minimum atomic E-state index is -0.00499. The number of likely N-dealkylation sites (N-methyl/N-ethyl adjacent to an activating group) is 1. The Kier molecular flexibility index (Phi) is 6.88. The molecule has 0 aliphatic carbocycles. The molecular weight excluding hydrogens is 334 g/mol. The Balaban J connectivity index is 1.44. The largest absolute Gasteiger partial charge is 0.373 e. The number of piperidine rings is 1. The topological polar surface area (TPSA) is 35.6 Å². The van der Waals surface area contributed by atoms with E-state index in [1.807, 2.05) is 37.4 Å². The first-order valence-electron chi connectivity index (χ1n) is 9.97. The summed E-state index contributed by atoms with van der Waals surface area (Å²) in [5.41, 5.74) is 3.17. The Morgan fingerprint density at radius 2 is 1.89 bits per heavy atom. The quantitative estimate of drug-likeness (QED) is 0.811. The maximum atomic E-state index is 12.4. The van der Waals surface area contributed by atoms with Gasteiger partial charge in [0.15, 0.2) is 0 Å². The lowest BCUT2D eigenvalue weighted by Gasteiger charge is -2.30. The number of nitrogens with one attached hydrogen (secondary N) is 1. The Labute approximate surface area is 163 Å². The zero-order valence-corrected chi connectivity index (χ0v) is 16.5. The minimum absolute atomic E-state index is 0.00499. The highest BCUT2D eigenvalue weighted by molar-refractivity contribution is 5.94. The van der Waals surface area contributed by atoms with Gasteiger partial charge >= 0.3 is 0 Å². The van der Waals surface area contributed by atoms with Crippen LogP contribution in [0.2, 0.25) is 0 Å². The first-order valence-corrected chi connectivity index (χ1v) is 9.97. The summed E-state index contributed by atoms with van der Waals surface area (Å²) in [4.78, 5) is 17.0. The minimum Gasteiger partial charge on any atom is -0.373 e. The van der Waals surface area contributed by atoms with E-state index in [1.165, 1.54) is 31.5 Å². The number of hydrogen-bond donors (Lipinski definition) is 1. The van der Waals surface area contributed by atoms with Crippen LogP contribution in [0.3, 0.4) is 0 Å². The van der Waals surface area contributed by atoms with E-state index in [0.717, 1.165) is 30.3 Å². The molecule has 4 heteroatoms. The maximum absolute atomic E-state index is 12.4. The first kappa shape index (κ1) is 19.4. The number of para-hydroxylation sites is 1. The summed E-state index contributed by atoms with van der Waals surface area (Å²) in [5, 5.41) is 3.02. The van der Waals surface area contributed by atoms with Gasteiger partial charge in [-0.3, -0.25) is 9.69 Å². The van der Waals surface area contributed by atoms with E-state index in [-0.39, 0.29) is 5.91 Å². The zero-order valence-electron chi connectivity index (χ0n) is 16.5. The molecule has 1 aliphatic heterocycles. The van der Waals surface area contributed by atoms with Crippen LogP contribution in [0.1, 0.15) is 35.7 Å². The highest BCUT2D eigenvalue weighted by Crippen LogP contribution is 2.18. The summed E-state index contributed by atoms with van der Waals surface area (Å²) >= 11 is 0. The van der Waals surface area contributed by atoms with Crippen LogP contribution in [0.5, 0.6) is 0 Å². The van der Waals surface area contributed by atoms with Crippen molar-refractivity contribution in [2.24, 2.45) is 5.92 Å². The van der Waals surface area contributed by atoms with Gasteiger partial charge in [-0.25, -0.2) is 0 Å². The monoisotopic (exact) mass is 365 g/mol. The molecule has 1 amide bonds. The SMILES string of the molecule is C[C@@H]1CCCN(Cc2ccc(C(=O)NCCN(C)c3ccccc3)cc2)C1. The fourth-order valence-electron chi connectivity index (χ4n) is 3.70. The third-order valence-corrected chi connectivity index (χ3v) is 5.29. The van der Waals surface area contributed by atoms with Gasteiger partial charge in [0.2, 0.25) is 0 Å². The van der Waals surface area contributed by atoms with Crippen LogP contribution in [-0.2, 0) is 6.54 Å². The predicted octanol–water partition coefficient (Wildman–Crippen LogP) is 3.78. The molecule has 0 saturated carbocycles. The molecule has 1 atom stereocenters. The molecule has 4 nitrogen and oxygen atoms in total. The van der Waals surface area contributed by atoms with Gasteiger partial charge in [-0.2, -0.15) is 0 Å². The van der Waals surface area contributed by atoms with Crippen molar-refractivity contribution in [3.8, 4) is 0 Å². The van der Waals surface area contributed by atoms with Gasteiger partial charge in [-0.15, -0.1) is 0 Å². The van der Waals surface area contributed by atoms with Crippen molar-refractivity contribution in [3.63, 3.8) is 0 Å². The smallest absolute Gasteiger partial charge is 0.251 e. The van der Waals surface area contributed by atoms with Gasteiger partial charge in [-0.1, -0.05) is 37.3 Å². The van der Waals surface area contributed by atoms with E-state index < -0.39 is 0 Å². The molecule has 1 aliphatic rings. The molecule has 144 valence electrons. The Hall–Kier alpha value is -2.33. The highest BCUT2D eigenvalue weighted by Gasteiger charge is 2.16. The van der Waals surface area contributed by atoms with Crippen LogP contribution in [0.15, 0.2) is 54.6 Å². The highest BCUT2D eigenvalue weighted by atomic mass is 16.1. The van der Waals surface area contributed by atoms with Gasteiger partial charge in [0.1, 0.15) is 0 Å². The van der Waals surface area contributed by atoms with E-state index >= 15 is 0 Å². The number of anilines is 1. The van der Waals surface area contributed by atoms with E-state index in [1.54, 1.807) is 0 Å². The molecule has 2 aromatic rings. The van der Waals surface area contributed by atoms with E-state index in [9.17, 15) is 4.79 Å². The van der Waals surface area contributed by atoms with Crippen molar-refractivity contribution in [1.29, 1.82) is 0 Å². The van der Waals surface area contributed by atoms with Crippen LogP contribution < -0.4 is 10.2 Å². The normalized spacial score (nSPS) is 17.5. The molecule has 2 aromatic carbocycles. The lowest BCUT2D eigenvalue weighted by molar-refractivity contribution is 0.0954. The molecule has 0 unspecified atom stereocenters. The van der Waals surface area contributed by atoms with Crippen LogP contribution in [0.4, 0.5) is 5.69 Å². The second kappa shape index (κ2) is 9.56. The fourth-order valence-corrected chi connectivity index (χ4v) is 3.70. The van der Waals surface area contributed by atoms with Gasteiger partial charge < -0.3 is 10.2 Å². The number of hydrogen-bond acceptors (Lipinski definition) is 3. The molecule has 27 heavy (non-hydrogen) atoms. The maximum Gasteiger partial charge on any atom is 0.251 e. The van der Waals surface area contributed by atoms with Gasteiger partial charge in [0.25, 0.3) is 5.91 Å². The summed E-state index contributed by atoms with van der Waals surface area (Å²) in [5.74, 6) is 0.785. The Morgan fingerprint density at radius 1 is 1.15 bits per heavy atom. The van der Waals surface area contributed by atoms with Crippen molar-refractivity contribution in [2.75, 3.05) is 38.1 Å². The van der Waals surface area contributed by atoms with Gasteiger partial charge in [0.05, 0.1) is 0 Å². The second-order valence-electron chi connectivity index (χ2n) is 7.69. The third-order valence-electron chi connectivity index (χ3n) is 5.29. The number of nitrogens with zero attached hydrogens (tertiary/aromatic N) is 2. The van der Waals surface area contributed by atoms with Gasteiger partial charge in [0, 0.05) is 44.5 Å². The lowest BCUT2D eigenvalue weighted by atomic mass is 9.99. The summed E-state index contributed by atoms with van der Waals surface area (Å²) in [7, 11) is 2.04. The molecule has 1 heterocycles. The molecule has 0 radical (unpaired) electrons. The van der Waals surface area contributed by atoms with Crippen molar-refractivity contribution in [3.05, 3.63) is 65.7 Å². The molecule has 0 spiro atoms. The molecule has 0 bridgehead atoms. The molecular formula is C23H31N3O. The number of benzene rings is 2. The standard InChI is InChI=1S/C23H31N3O/c1-19-7-6-15-26(17-19)18-20-10-12-21(13-11-20)23(27)24-14-16-25(2)22-8-4-3-5-9-22/h3-5,8-13,19H,6-7,14-18H2,1-2H3,(H,24,27)/t19-/m1/s1. The van der Waals surface area contributed by atoms with E-state index in [2.05, 4.69) is 46.3 Å². The summed E-state index contributed by atoms with van der Waals surface area (Å²) in [6.07, 6.45) is 2.63. The number of likely N-dealkylation sites (tertiary alicyclic amines) is 1. The van der Waals surface area contributed by atoms with Crippen LogP contribution in [-0.4, -0.2) is 44.0 Å². The first-order chi connectivity index (χ1) is 13.1. The number of rotatable bonds is 7. The van der Waals surface area contributed by atoms with Crippen molar-refractivity contribution in [2.45, 2.75) is 26.3 Å². The molecule has 0 aromatic heterocycles. The van der Waals surface area contributed by atoms with Crippen molar-refractivity contribution < 1.29 is 4.79 Å². The fraction of sp³-hybridized carbons (Fsp3) is 0.435. The summed E-state index contributed by atoms with van der Waals surface area (Å²) in [6.45, 7) is 7.07. The van der Waals surface area contributed by atoms with Crippen LogP contribution in [0.25, 0.3) is 0 Å². The second-order valence-corrected chi connectivity index (χ2v) is 7.69. The number of amides is 1. The number of carbonyl (C=O) groups excluding carboxylic acids is 1. The van der Waals surface area contributed by atoms with E-state index in [0.29, 0.717) is 6.54 Å². The Bertz CT molecular complexity index is 714. The van der Waals surface area contributed by atoms with Crippen molar-refractivity contribution >= 4 is 11.6 Å². The average molecular weight is 366 g/mol. The van der Waals surface area contributed by atoms with Gasteiger partial charge in [-0.05, 0) is 55.1 Å². The summed E-state index contributed by atoms with van der Waals surface area (Å²) in [6, 6.07) is 18.3. The zero-order chi connectivity index (χ0) is 19.1. The molecule has 3 rings (SSSR count). The molecule has 1 saturated heterocycles. The average Bonchev–Trinajstić information content (AvgIpc) is 2.69. The van der Waals surface area contributed by atoms with Crippen molar-refractivity contribution in [1.82, 2.24) is 10.2 Å². The molecule has 1 N–H and O–H groups in total. The van der Waals surface area contributed by atoms with Crippen LogP contribution in [0, 0.1) is 5.92 Å². The Morgan fingerprint density at radius 3 is 2.59 bits per heavy atom. The van der Waals surface area contributed by atoms with Crippen LogP contribution >= 0.6 is 0 Å². The van der Waals surface area contributed by atoms with E-state index in [4.69, 9.17) is 0 Å². The lowest BCUT2D eigenvalue weighted by Crippen LogP contribution is -2.34. The summed E-state index contributed by atoms with van der Waals surface area (Å²) < 4.78 is 0. The predicted molar refractivity (Wildman–Crippen MR) is 112 cm³/mol. The third kappa shape index (κ3) is 5.83. The molecule has 1 fully saturated rings. The number of carbonyl (C=O) groups is 1.